The van der Waals surface area contributed by atoms with Crippen molar-refractivity contribution in [2.75, 3.05) is 0 Å². The van der Waals surface area contributed by atoms with Gasteiger partial charge in [-0.1, -0.05) is 78.9 Å². The zero-order chi connectivity index (χ0) is 28.4. The second kappa shape index (κ2) is 11.1. The lowest BCUT2D eigenvalue weighted by atomic mass is 9.78. The Morgan fingerprint density at radius 2 is 1.66 bits per heavy atom. The minimum absolute atomic E-state index is 0.0273. The molecule has 3 heterocycles. The van der Waals surface area contributed by atoms with Gasteiger partial charge in [-0.3, -0.25) is 4.79 Å². The van der Waals surface area contributed by atoms with Gasteiger partial charge in [0.05, 0.1) is 6.10 Å². The zero-order valence-corrected chi connectivity index (χ0v) is 22.3. The number of esters is 1. The van der Waals surface area contributed by atoms with Crippen molar-refractivity contribution < 1.29 is 34.0 Å². The highest BCUT2D eigenvalue weighted by Crippen LogP contribution is 2.55. The fourth-order valence-electron chi connectivity index (χ4n) is 5.86. The highest BCUT2D eigenvalue weighted by atomic mass is 16.7. The Morgan fingerprint density at radius 1 is 0.951 bits per heavy atom. The van der Waals surface area contributed by atoms with E-state index in [1.54, 1.807) is 12.2 Å². The van der Waals surface area contributed by atoms with E-state index < -0.39 is 11.6 Å². The van der Waals surface area contributed by atoms with Crippen LogP contribution in [0.15, 0.2) is 91.0 Å². The van der Waals surface area contributed by atoms with Gasteiger partial charge in [0.25, 0.3) is 0 Å². The van der Waals surface area contributed by atoms with Crippen LogP contribution in [0.5, 0.6) is 17.2 Å². The van der Waals surface area contributed by atoms with Crippen LogP contribution in [-0.4, -0.2) is 40.0 Å². The summed E-state index contributed by atoms with van der Waals surface area (Å²) < 4.78 is 18.6. The molecule has 0 spiro atoms. The Balaban J connectivity index is 1.38. The number of carbonyl (C=O) groups excluding carboxylic acids is 2. The molecule has 2 N–H and O–H groups in total. The molecule has 0 amide bonds. The summed E-state index contributed by atoms with van der Waals surface area (Å²) in [6.07, 6.45) is 11.3. The summed E-state index contributed by atoms with van der Waals surface area (Å²) >= 11 is 0. The number of cyclic esters (lactones) is 1. The molecule has 0 radical (unpaired) electrons. The molecular formula is C34H30O7. The van der Waals surface area contributed by atoms with E-state index in [9.17, 15) is 19.8 Å². The third kappa shape index (κ3) is 5.67. The minimum atomic E-state index is -1.27. The van der Waals surface area contributed by atoms with Gasteiger partial charge in [-0.05, 0) is 29.7 Å². The van der Waals surface area contributed by atoms with E-state index in [0.29, 0.717) is 31.2 Å². The van der Waals surface area contributed by atoms with Crippen molar-refractivity contribution in [2.45, 2.75) is 49.6 Å². The summed E-state index contributed by atoms with van der Waals surface area (Å²) in [4.78, 5) is 25.3. The Kier molecular flexibility index (Phi) is 7.20. The lowest BCUT2D eigenvalue weighted by molar-refractivity contribution is -0.224. The number of ketones is 1. The van der Waals surface area contributed by atoms with Gasteiger partial charge in [-0.2, -0.15) is 0 Å². The number of phenols is 2. The second-order valence-electron chi connectivity index (χ2n) is 10.6. The van der Waals surface area contributed by atoms with Crippen LogP contribution in [0.4, 0.5) is 0 Å². The Bertz CT molecular complexity index is 1540. The van der Waals surface area contributed by atoms with E-state index in [-0.39, 0.29) is 46.9 Å². The largest absolute Gasteiger partial charge is 0.507 e. The number of benzene rings is 3. The third-order valence-corrected chi connectivity index (χ3v) is 7.67. The van der Waals surface area contributed by atoms with Crippen LogP contribution in [0.1, 0.15) is 58.6 Å². The number of allylic oxidation sites excluding steroid dienone is 1. The maximum atomic E-state index is 13.5. The van der Waals surface area contributed by atoms with Crippen molar-refractivity contribution in [1.29, 1.82) is 0 Å². The maximum Gasteiger partial charge on any atom is 0.330 e. The zero-order valence-electron chi connectivity index (χ0n) is 22.3. The average Bonchev–Trinajstić information content (AvgIpc) is 2.96. The van der Waals surface area contributed by atoms with Gasteiger partial charge in [0.1, 0.15) is 28.9 Å². The number of hydrogen-bond acceptors (Lipinski definition) is 7. The highest BCUT2D eigenvalue weighted by molar-refractivity contribution is 6.11. The molecule has 0 saturated carbocycles. The van der Waals surface area contributed by atoms with E-state index in [0.717, 1.165) is 11.1 Å². The summed E-state index contributed by atoms with van der Waals surface area (Å²) in [7, 11) is 0. The van der Waals surface area contributed by atoms with Crippen molar-refractivity contribution in [3.8, 4) is 17.2 Å². The van der Waals surface area contributed by atoms with Gasteiger partial charge in [-0.15, -0.1) is 0 Å². The molecule has 3 aliphatic rings. The topological polar surface area (TPSA) is 102 Å². The SMILES string of the molecule is O=C1C=CC[C@H](C[C@@H]2C[C@H]3C[C@](/C=C/c4ccccc4)(Oc4c(C(=O)/C=C\c5ccccc5)c(O)cc(O)c43)O2)O1. The normalized spacial score (nSPS) is 25.1. The number of carbonyl (C=O) groups is 2. The molecule has 3 aromatic carbocycles. The predicted molar refractivity (Wildman–Crippen MR) is 154 cm³/mol. The van der Waals surface area contributed by atoms with Crippen LogP contribution >= 0.6 is 0 Å². The monoisotopic (exact) mass is 550 g/mol. The molecule has 3 aliphatic heterocycles. The van der Waals surface area contributed by atoms with Crippen molar-refractivity contribution in [1.82, 2.24) is 0 Å². The molecule has 0 aliphatic carbocycles. The predicted octanol–water partition coefficient (Wildman–Crippen LogP) is 6.32. The summed E-state index contributed by atoms with van der Waals surface area (Å²) in [5.41, 5.74) is 2.21. The lowest BCUT2D eigenvalue weighted by Gasteiger charge is -2.48. The van der Waals surface area contributed by atoms with Crippen LogP contribution in [0.2, 0.25) is 0 Å². The summed E-state index contributed by atoms with van der Waals surface area (Å²) in [5.74, 6) is -2.74. The van der Waals surface area contributed by atoms with Crippen molar-refractivity contribution in [3.05, 3.63) is 113 Å². The van der Waals surface area contributed by atoms with E-state index in [1.165, 1.54) is 18.2 Å². The van der Waals surface area contributed by atoms with Crippen molar-refractivity contribution in [2.24, 2.45) is 0 Å². The summed E-state index contributed by atoms with van der Waals surface area (Å²) in [5, 5.41) is 21.8. The third-order valence-electron chi connectivity index (χ3n) is 7.67. The maximum absolute atomic E-state index is 13.5. The Labute approximate surface area is 238 Å². The molecule has 1 saturated heterocycles. The molecule has 0 unspecified atom stereocenters. The van der Waals surface area contributed by atoms with Crippen LogP contribution in [0.25, 0.3) is 12.2 Å². The van der Waals surface area contributed by atoms with Gasteiger partial charge in [0.15, 0.2) is 5.78 Å². The quantitative estimate of drug-likeness (QED) is 0.202. The standard InChI is InChI=1S/C34H30O7/c35-27(15-14-22-8-3-1-4-9-22)32-29(37)20-28(36)31-24-18-26(19-25-12-7-13-30(38)39-25)40-34(21-24,41-33(31)32)17-16-23-10-5-2-6-11-23/h1-11,13-17,20,24-26,36-37H,12,18-19,21H2/b15-14-,17-16+/t24-,25+,26-,34-/m0/s1. The molecule has 41 heavy (non-hydrogen) atoms. The van der Waals surface area contributed by atoms with Gasteiger partial charge >= 0.3 is 5.97 Å². The first-order valence-electron chi connectivity index (χ1n) is 13.7. The first kappa shape index (κ1) is 26.6. The van der Waals surface area contributed by atoms with Crippen LogP contribution < -0.4 is 4.74 Å². The van der Waals surface area contributed by atoms with E-state index >= 15 is 0 Å². The first-order valence-corrected chi connectivity index (χ1v) is 13.7. The van der Waals surface area contributed by atoms with Gasteiger partial charge < -0.3 is 24.4 Å². The van der Waals surface area contributed by atoms with E-state index in [1.807, 2.05) is 72.8 Å². The summed E-state index contributed by atoms with van der Waals surface area (Å²) in [6, 6.07) is 20.3. The lowest BCUT2D eigenvalue weighted by Crippen LogP contribution is -2.50. The van der Waals surface area contributed by atoms with E-state index in [4.69, 9.17) is 14.2 Å². The molecule has 208 valence electrons. The molecule has 1 fully saturated rings. The number of hydrogen-bond donors (Lipinski definition) is 2. The van der Waals surface area contributed by atoms with Crippen molar-refractivity contribution in [3.63, 3.8) is 0 Å². The molecule has 2 bridgehead atoms. The van der Waals surface area contributed by atoms with Gasteiger partial charge in [0, 0.05) is 42.9 Å². The number of aromatic hydroxyl groups is 2. The fraction of sp³-hybridized carbons (Fsp3) is 0.235. The minimum Gasteiger partial charge on any atom is -0.507 e. The molecule has 4 atom stereocenters. The molecule has 3 aromatic rings. The molecular weight excluding hydrogens is 520 g/mol. The molecule has 7 nitrogen and oxygen atoms in total. The smallest absolute Gasteiger partial charge is 0.330 e. The number of fused-ring (bicyclic) bond motifs is 4. The van der Waals surface area contributed by atoms with Gasteiger partial charge in [-0.25, -0.2) is 4.79 Å². The van der Waals surface area contributed by atoms with Crippen LogP contribution in [-0.2, 0) is 14.3 Å². The first-order chi connectivity index (χ1) is 19.9. The van der Waals surface area contributed by atoms with E-state index in [2.05, 4.69) is 0 Å². The Morgan fingerprint density at radius 3 is 2.37 bits per heavy atom. The van der Waals surface area contributed by atoms with Gasteiger partial charge in [0.2, 0.25) is 5.79 Å². The number of rotatable bonds is 7. The molecule has 6 rings (SSSR count). The molecule has 7 heteroatoms. The number of phenolic OH excluding ortho intramolecular Hbond substituents is 2. The average molecular weight is 551 g/mol. The second-order valence-corrected chi connectivity index (χ2v) is 10.6. The summed E-state index contributed by atoms with van der Waals surface area (Å²) in [6.45, 7) is 0. The Hall–Kier alpha value is -4.62. The van der Waals surface area contributed by atoms with Crippen LogP contribution in [0.3, 0.4) is 0 Å². The fourth-order valence-corrected chi connectivity index (χ4v) is 5.86. The number of ether oxygens (including phenoxy) is 3. The van der Waals surface area contributed by atoms with Crippen molar-refractivity contribution >= 4 is 23.9 Å². The van der Waals surface area contributed by atoms with Crippen LogP contribution in [0, 0.1) is 0 Å². The molecule has 0 aromatic heterocycles. The highest BCUT2D eigenvalue weighted by Gasteiger charge is 2.50.